The molecule has 4 aromatic rings. The molecule has 186 valence electrons. The van der Waals surface area contributed by atoms with Crippen molar-refractivity contribution in [2.24, 2.45) is 0 Å². The number of aryl methyl sites for hydroxylation is 1. The minimum absolute atomic E-state index is 0.147. The average molecular weight is 487 g/mol. The molecule has 0 radical (unpaired) electrons. The molecule has 4 heterocycles. The Balaban J connectivity index is 1.63. The molecule has 11 nitrogen and oxygen atoms in total. The first kappa shape index (κ1) is 23.5. The summed E-state index contributed by atoms with van der Waals surface area (Å²) in [5.74, 6) is 1.03. The van der Waals surface area contributed by atoms with Gasteiger partial charge in [-0.25, -0.2) is 14.0 Å². The fourth-order valence-electron chi connectivity index (χ4n) is 4.56. The van der Waals surface area contributed by atoms with E-state index in [0.29, 0.717) is 18.3 Å². The van der Waals surface area contributed by atoms with Crippen molar-refractivity contribution in [3.8, 4) is 17.3 Å². The topological polar surface area (TPSA) is 124 Å². The Kier molecular flexibility index (Phi) is 5.91. The van der Waals surface area contributed by atoms with E-state index in [1.54, 1.807) is 9.25 Å². The lowest BCUT2D eigenvalue weighted by Gasteiger charge is -2.31. The normalized spacial score (nSPS) is 14.8. The minimum Gasteiger partial charge on any atom is -0.368 e. The highest BCUT2D eigenvalue weighted by atomic mass is 16.2. The van der Waals surface area contributed by atoms with Crippen LogP contribution in [0.1, 0.15) is 45.4 Å². The number of aromatic nitrogens is 9. The molecule has 0 atom stereocenters. The van der Waals surface area contributed by atoms with Gasteiger partial charge in [-0.05, 0) is 56.4 Å². The van der Waals surface area contributed by atoms with Crippen LogP contribution < -0.4 is 11.0 Å². The monoisotopic (exact) mass is 486 g/mol. The zero-order chi connectivity index (χ0) is 25.3. The Bertz CT molecular complexity index is 1450. The van der Waals surface area contributed by atoms with Gasteiger partial charge < -0.3 is 5.32 Å². The zero-order valence-corrected chi connectivity index (χ0v) is 20.9. The number of hydrogen-bond donors (Lipinski definition) is 2. The third kappa shape index (κ3) is 4.16. The van der Waals surface area contributed by atoms with Crippen molar-refractivity contribution in [1.82, 2.24) is 49.8 Å². The molecule has 0 saturated heterocycles. The maximum absolute atomic E-state index is 13.9. The molecule has 1 aromatic carbocycles. The number of benzene rings is 1. The highest BCUT2D eigenvalue weighted by Gasteiger charge is 2.32. The summed E-state index contributed by atoms with van der Waals surface area (Å²) in [6.07, 6.45) is 13.0. The van der Waals surface area contributed by atoms with Crippen molar-refractivity contribution < 1.29 is 0 Å². The van der Waals surface area contributed by atoms with Gasteiger partial charge in [0.15, 0.2) is 0 Å². The van der Waals surface area contributed by atoms with Crippen molar-refractivity contribution in [1.29, 1.82) is 0 Å². The molecule has 1 aliphatic heterocycles. The van der Waals surface area contributed by atoms with Gasteiger partial charge in [0, 0.05) is 24.0 Å². The van der Waals surface area contributed by atoms with Crippen molar-refractivity contribution in [3.63, 3.8) is 0 Å². The molecule has 0 saturated carbocycles. The summed E-state index contributed by atoms with van der Waals surface area (Å²) < 4.78 is 5.25. The Morgan fingerprint density at radius 3 is 2.64 bits per heavy atom. The number of hydrogen-bond acceptors (Lipinski definition) is 7. The summed E-state index contributed by atoms with van der Waals surface area (Å²) in [4.78, 5) is 18.3. The molecule has 5 rings (SSSR count). The highest BCUT2D eigenvalue weighted by molar-refractivity contribution is 5.57. The molecule has 0 unspecified atom stereocenters. The van der Waals surface area contributed by atoms with E-state index in [9.17, 15) is 4.79 Å². The minimum atomic E-state index is -0.568. The van der Waals surface area contributed by atoms with Crippen molar-refractivity contribution in [2.45, 2.75) is 58.0 Å². The molecular weight excluding hydrogens is 456 g/mol. The largest absolute Gasteiger partial charge is 0.368 e. The fraction of sp³-hybridized carbons (Fsp3) is 0.360. The summed E-state index contributed by atoms with van der Waals surface area (Å²) in [5, 5.41) is 22.0. The Morgan fingerprint density at radius 1 is 1.14 bits per heavy atom. The van der Waals surface area contributed by atoms with Gasteiger partial charge in [0.1, 0.15) is 6.33 Å². The Labute approximate surface area is 208 Å². The van der Waals surface area contributed by atoms with E-state index in [0.717, 1.165) is 29.7 Å². The first-order chi connectivity index (χ1) is 17.3. The molecule has 0 bridgehead atoms. The van der Waals surface area contributed by atoms with Crippen LogP contribution in [0.4, 0.5) is 0 Å². The van der Waals surface area contributed by atoms with Gasteiger partial charge in [-0.3, -0.25) is 4.57 Å². The standard InChI is InChI=1S/C25H30N10O/c1-5-7-20-15-33(22-27-17-28-35(22)24(2,3)4)23(36)34(20)16-25(10-12-26-13-11-25)19-9-6-8-18(14-19)21-29-31-32-30-21/h6,8-15,17,26H,5,7,16H2,1-4H3,(H,29,30,31,32). The third-order valence-electron chi connectivity index (χ3n) is 6.33. The molecule has 36 heavy (non-hydrogen) atoms. The number of imidazole rings is 1. The summed E-state index contributed by atoms with van der Waals surface area (Å²) in [7, 11) is 0. The molecule has 11 heteroatoms. The van der Waals surface area contributed by atoms with Crippen LogP contribution in [0, 0.1) is 0 Å². The molecule has 0 amide bonds. The van der Waals surface area contributed by atoms with Crippen LogP contribution in [0.2, 0.25) is 0 Å². The van der Waals surface area contributed by atoms with E-state index in [1.807, 2.05) is 62.1 Å². The molecule has 2 N–H and O–H groups in total. The maximum Gasteiger partial charge on any atom is 0.335 e. The van der Waals surface area contributed by atoms with E-state index >= 15 is 0 Å². The molecule has 0 spiro atoms. The SMILES string of the molecule is CCCc1cn(-c2ncnn2C(C)(C)C)c(=O)n1CC1(c2cccc(-c3nn[nH]n3)c2)C=CNC=C1. The van der Waals surface area contributed by atoms with Crippen LogP contribution in [0.25, 0.3) is 17.3 Å². The van der Waals surface area contributed by atoms with Gasteiger partial charge in [0.2, 0.25) is 11.8 Å². The van der Waals surface area contributed by atoms with E-state index in [-0.39, 0.29) is 11.2 Å². The van der Waals surface area contributed by atoms with Crippen molar-refractivity contribution in [2.75, 3.05) is 0 Å². The zero-order valence-electron chi connectivity index (χ0n) is 20.9. The molecule has 1 aliphatic rings. The van der Waals surface area contributed by atoms with Crippen LogP contribution in [-0.2, 0) is 23.9 Å². The van der Waals surface area contributed by atoms with Gasteiger partial charge in [0.25, 0.3) is 0 Å². The number of tetrazole rings is 1. The van der Waals surface area contributed by atoms with Gasteiger partial charge in [-0.15, -0.1) is 10.2 Å². The number of aromatic amines is 1. The summed E-state index contributed by atoms with van der Waals surface area (Å²) in [6.45, 7) is 8.64. The number of dihydropyridines is 1. The van der Waals surface area contributed by atoms with E-state index < -0.39 is 5.41 Å². The summed E-state index contributed by atoms with van der Waals surface area (Å²) in [6, 6.07) is 8.02. The van der Waals surface area contributed by atoms with Crippen molar-refractivity contribution >= 4 is 0 Å². The van der Waals surface area contributed by atoms with Gasteiger partial charge in [-0.2, -0.15) is 15.3 Å². The van der Waals surface area contributed by atoms with Crippen LogP contribution in [0.15, 0.2) is 66.1 Å². The first-order valence-electron chi connectivity index (χ1n) is 12.0. The lowest BCUT2D eigenvalue weighted by molar-refractivity contribution is 0.349. The summed E-state index contributed by atoms with van der Waals surface area (Å²) in [5.41, 5.74) is 1.76. The predicted molar refractivity (Wildman–Crippen MR) is 135 cm³/mol. The number of nitrogens with one attached hydrogen (secondary N) is 2. The Morgan fingerprint density at radius 2 is 1.94 bits per heavy atom. The average Bonchev–Trinajstić information content (AvgIpc) is 3.62. The smallest absolute Gasteiger partial charge is 0.335 e. The quantitative estimate of drug-likeness (QED) is 0.412. The molecule has 0 aliphatic carbocycles. The third-order valence-corrected chi connectivity index (χ3v) is 6.33. The van der Waals surface area contributed by atoms with Gasteiger partial charge >= 0.3 is 5.69 Å². The second kappa shape index (κ2) is 9.06. The van der Waals surface area contributed by atoms with Gasteiger partial charge in [-0.1, -0.05) is 43.7 Å². The van der Waals surface area contributed by atoms with E-state index in [1.165, 1.54) is 6.33 Å². The lowest BCUT2D eigenvalue weighted by atomic mass is 9.78. The van der Waals surface area contributed by atoms with Crippen LogP contribution in [-0.4, -0.2) is 44.5 Å². The second-order valence-electron chi connectivity index (χ2n) is 9.94. The number of nitrogens with zero attached hydrogens (tertiary/aromatic N) is 8. The number of H-pyrrole nitrogens is 1. The second-order valence-corrected chi connectivity index (χ2v) is 9.94. The summed E-state index contributed by atoms with van der Waals surface area (Å²) >= 11 is 0. The Hall–Kier alpha value is -4.28. The lowest BCUT2D eigenvalue weighted by Crippen LogP contribution is -2.37. The van der Waals surface area contributed by atoms with Crippen LogP contribution >= 0.6 is 0 Å². The van der Waals surface area contributed by atoms with Gasteiger partial charge in [0.05, 0.1) is 11.0 Å². The molecular formula is C25H30N10O. The fourth-order valence-corrected chi connectivity index (χ4v) is 4.56. The number of allylic oxidation sites excluding steroid dienone is 2. The number of rotatable bonds is 7. The van der Waals surface area contributed by atoms with Crippen LogP contribution in [0.5, 0.6) is 0 Å². The van der Waals surface area contributed by atoms with E-state index in [2.05, 4.69) is 61.2 Å². The predicted octanol–water partition coefficient (Wildman–Crippen LogP) is 2.69. The molecule has 3 aromatic heterocycles. The molecule has 0 fully saturated rings. The van der Waals surface area contributed by atoms with E-state index in [4.69, 9.17) is 0 Å². The highest BCUT2D eigenvalue weighted by Crippen LogP contribution is 2.33. The van der Waals surface area contributed by atoms with Crippen LogP contribution in [0.3, 0.4) is 0 Å². The maximum atomic E-state index is 13.9. The van der Waals surface area contributed by atoms with Crippen molar-refractivity contribution in [3.05, 3.63) is 83.1 Å². The first-order valence-corrected chi connectivity index (χ1v) is 12.0.